The van der Waals surface area contributed by atoms with E-state index < -0.39 is 15.9 Å². The molecule has 0 bridgehead atoms. The van der Waals surface area contributed by atoms with Gasteiger partial charge in [0.25, 0.3) is 5.56 Å². The summed E-state index contributed by atoms with van der Waals surface area (Å²) in [5.74, 6) is 1.09. The number of hydrogen-bond acceptors (Lipinski definition) is 6. The first-order chi connectivity index (χ1) is 16.7. The van der Waals surface area contributed by atoms with Crippen LogP contribution in [0.3, 0.4) is 0 Å². The van der Waals surface area contributed by atoms with E-state index in [0.717, 1.165) is 12.8 Å². The summed E-state index contributed by atoms with van der Waals surface area (Å²) in [5, 5.41) is 3.32. The van der Waals surface area contributed by atoms with Crippen molar-refractivity contribution in [3.8, 4) is 11.5 Å². The molecule has 1 aliphatic heterocycles. The molecule has 0 radical (unpaired) electrons. The molecule has 4 rings (SSSR count). The minimum absolute atomic E-state index is 0.180. The number of carbonyl (C=O) groups is 1. The van der Waals surface area contributed by atoms with Crippen LogP contribution < -0.4 is 20.3 Å². The maximum Gasteiger partial charge on any atom is 0.251 e. The van der Waals surface area contributed by atoms with Gasteiger partial charge < -0.3 is 14.8 Å². The third-order valence-electron chi connectivity index (χ3n) is 6.31. The lowest BCUT2D eigenvalue weighted by molar-refractivity contribution is -0.116. The molecule has 0 unspecified atom stereocenters. The first-order valence-corrected chi connectivity index (χ1v) is 12.8. The Balaban J connectivity index is 1.58. The third kappa shape index (κ3) is 5.18. The van der Waals surface area contributed by atoms with Gasteiger partial charge in [-0.25, -0.2) is 8.42 Å². The Hall–Kier alpha value is -3.37. The normalized spacial score (nSPS) is 15.2. The molecule has 35 heavy (non-hydrogen) atoms. The van der Waals surface area contributed by atoms with Crippen LogP contribution in [0.25, 0.3) is 10.9 Å². The lowest BCUT2D eigenvalue weighted by Gasteiger charge is -2.29. The highest BCUT2D eigenvalue weighted by atomic mass is 32.2. The highest BCUT2D eigenvalue weighted by Crippen LogP contribution is 2.30. The van der Waals surface area contributed by atoms with Crippen LogP contribution in [0, 0.1) is 5.92 Å². The van der Waals surface area contributed by atoms with Crippen molar-refractivity contribution in [1.82, 2.24) is 8.87 Å². The number of anilines is 1. The number of pyridine rings is 1. The Labute approximate surface area is 204 Å². The van der Waals surface area contributed by atoms with E-state index in [9.17, 15) is 18.0 Å². The molecule has 2 aromatic carbocycles. The topological polar surface area (TPSA) is 107 Å². The molecule has 2 heterocycles. The van der Waals surface area contributed by atoms with E-state index in [2.05, 4.69) is 12.2 Å². The summed E-state index contributed by atoms with van der Waals surface area (Å²) in [7, 11) is -0.612. The standard InChI is InChI=1S/C25H29N3O6S/c1-17-10-12-27(13-11-17)35(31,32)20-6-7-21-18(14-20)4-9-25(30)28(21)16-24(29)26-19-5-8-22(33-2)23(15-19)34-3/h4-9,14-15,17H,10-13,16H2,1-3H3,(H,26,29). The van der Waals surface area contributed by atoms with Gasteiger partial charge in [-0.3, -0.25) is 14.2 Å². The minimum Gasteiger partial charge on any atom is -0.493 e. The summed E-state index contributed by atoms with van der Waals surface area (Å²) >= 11 is 0. The number of benzene rings is 2. The van der Waals surface area contributed by atoms with Crippen LogP contribution in [0.1, 0.15) is 19.8 Å². The zero-order valence-electron chi connectivity index (χ0n) is 20.0. The number of ether oxygens (including phenoxy) is 2. The van der Waals surface area contributed by atoms with Gasteiger partial charge in [-0.1, -0.05) is 6.92 Å². The van der Waals surface area contributed by atoms with Crippen molar-refractivity contribution < 1.29 is 22.7 Å². The predicted molar refractivity (Wildman–Crippen MR) is 134 cm³/mol. The number of nitrogens with zero attached hydrogens (tertiary/aromatic N) is 2. The summed E-state index contributed by atoms with van der Waals surface area (Å²) in [6.45, 7) is 2.88. The first-order valence-electron chi connectivity index (χ1n) is 11.4. The lowest BCUT2D eigenvalue weighted by Crippen LogP contribution is -2.37. The predicted octanol–water partition coefficient (Wildman–Crippen LogP) is 3.08. The fourth-order valence-corrected chi connectivity index (χ4v) is 5.74. The average Bonchev–Trinajstić information content (AvgIpc) is 2.85. The number of carbonyl (C=O) groups excluding carboxylic acids is 1. The molecule has 0 aliphatic carbocycles. The quantitative estimate of drug-likeness (QED) is 0.536. The van der Waals surface area contributed by atoms with Crippen LogP contribution >= 0.6 is 0 Å². The summed E-state index contributed by atoms with van der Waals surface area (Å²) in [6.07, 6.45) is 1.67. The summed E-state index contributed by atoms with van der Waals surface area (Å²) in [4.78, 5) is 25.5. The zero-order chi connectivity index (χ0) is 25.2. The number of nitrogens with one attached hydrogen (secondary N) is 1. The lowest BCUT2D eigenvalue weighted by atomic mass is 10.0. The van der Waals surface area contributed by atoms with Crippen molar-refractivity contribution >= 4 is 32.5 Å². The molecule has 1 amide bonds. The van der Waals surface area contributed by atoms with Gasteiger partial charge in [0.1, 0.15) is 6.54 Å². The Bertz CT molecular complexity index is 1410. The zero-order valence-corrected chi connectivity index (χ0v) is 20.8. The number of hydrogen-bond donors (Lipinski definition) is 1. The number of amides is 1. The van der Waals surface area contributed by atoms with E-state index >= 15 is 0 Å². The second-order valence-corrected chi connectivity index (χ2v) is 10.6. The van der Waals surface area contributed by atoms with E-state index in [0.29, 0.717) is 47.1 Å². The van der Waals surface area contributed by atoms with Gasteiger partial charge in [-0.2, -0.15) is 4.31 Å². The molecular formula is C25H29N3O6S. The van der Waals surface area contributed by atoms with Gasteiger partial charge in [0.05, 0.1) is 24.6 Å². The molecule has 0 atom stereocenters. The van der Waals surface area contributed by atoms with Gasteiger partial charge >= 0.3 is 0 Å². The van der Waals surface area contributed by atoms with Gasteiger partial charge in [-0.15, -0.1) is 0 Å². The number of sulfonamides is 1. The molecule has 1 aliphatic rings. The Morgan fingerprint density at radius 1 is 1.00 bits per heavy atom. The van der Waals surface area contributed by atoms with Crippen molar-refractivity contribution in [3.63, 3.8) is 0 Å². The van der Waals surface area contributed by atoms with E-state index in [4.69, 9.17) is 9.47 Å². The Kier molecular flexibility index (Phi) is 7.13. The third-order valence-corrected chi connectivity index (χ3v) is 8.21. The monoisotopic (exact) mass is 499 g/mol. The number of piperidine rings is 1. The van der Waals surface area contributed by atoms with Crippen molar-refractivity contribution in [1.29, 1.82) is 0 Å². The molecule has 0 saturated carbocycles. The molecule has 186 valence electrons. The first kappa shape index (κ1) is 24.7. The van der Waals surface area contributed by atoms with Crippen LogP contribution in [-0.4, -0.2) is 50.5 Å². The average molecular weight is 500 g/mol. The van der Waals surface area contributed by atoms with Crippen molar-refractivity contribution in [2.45, 2.75) is 31.2 Å². The summed E-state index contributed by atoms with van der Waals surface area (Å²) in [5.41, 5.74) is 0.608. The van der Waals surface area contributed by atoms with Gasteiger partial charge in [0.2, 0.25) is 15.9 Å². The largest absolute Gasteiger partial charge is 0.493 e. The minimum atomic E-state index is -3.63. The molecule has 1 saturated heterocycles. The highest BCUT2D eigenvalue weighted by Gasteiger charge is 2.28. The van der Waals surface area contributed by atoms with Gasteiger partial charge in [-0.05, 0) is 60.5 Å². The second kappa shape index (κ2) is 10.1. The summed E-state index contributed by atoms with van der Waals surface area (Å²) in [6, 6.07) is 12.5. The van der Waals surface area contributed by atoms with Crippen LogP contribution in [-0.2, 0) is 21.4 Å². The van der Waals surface area contributed by atoms with Crippen LogP contribution in [0.4, 0.5) is 5.69 Å². The van der Waals surface area contributed by atoms with Crippen LogP contribution in [0.15, 0.2) is 58.2 Å². The SMILES string of the molecule is COc1ccc(NC(=O)Cn2c(=O)ccc3cc(S(=O)(=O)N4CCC(C)CC4)ccc32)cc1OC. The molecule has 10 heteroatoms. The van der Waals surface area contributed by atoms with Crippen molar-refractivity contribution in [3.05, 3.63) is 58.9 Å². The molecule has 9 nitrogen and oxygen atoms in total. The number of methoxy groups -OCH3 is 2. The molecule has 0 spiro atoms. The molecule has 1 fully saturated rings. The molecular weight excluding hydrogens is 470 g/mol. The van der Waals surface area contributed by atoms with Gasteiger partial charge in [0, 0.05) is 30.9 Å². The molecule has 3 aromatic rings. The molecule has 1 N–H and O–H groups in total. The fourth-order valence-electron chi connectivity index (χ4n) is 4.24. The van der Waals surface area contributed by atoms with E-state index in [-0.39, 0.29) is 17.0 Å². The maximum atomic E-state index is 13.1. The highest BCUT2D eigenvalue weighted by molar-refractivity contribution is 7.89. The van der Waals surface area contributed by atoms with Crippen LogP contribution in [0.5, 0.6) is 11.5 Å². The van der Waals surface area contributed by atoms with E-state index in [1.807, 2.05) is 0 Å². The van der Waals surface area contributed by atoms with Crippen LogP contribution in [0.2, 0.25) is 0 Å². The number of rotatable bonds is 7. The Morgan fingerprint density at radius 2 is 1.71 bits per heavy atom. The van der Waals surface area contributed by atoms with E-state index in [1.165, 1.54) is 35.2 Å². The summed E-state index contributed by atoms with van der Waals surface area (Å²) < 4.78 is 39.6. The Morgan fingerprint density at radius 3 is 2.40 bits per heavy atom. The molecule has 1 aromatic heterocycles. The second-order valence-electron chi connectivity index (χ2n) is 8.68. The van der Waals surface area contributed by atoms with Crippen molar-refractivity contribution in [2.24, 2.45) is 5.92 Å². The number of aromatic nitrogens is 1. The fraction of sp³-hybridized carbons (Fsp3) is 0.360. The van der Waals surface area contributed by atoms with Crippen molar-refractivity contribution in [2.75, 3.05) is 32.6 Å². The van der Waals surface area contributed by atoms with Gasteiger partial charge in [0.15, 0.2) is 11.5 Å². The smallest absolute Gasteiger partial charge is 0.251 e. The maximum absolute atomic E-state index is 13.1. The van der Waals surface area contributed by atoms with E-state index in [1.54, 1.807) is 36.4 Å². The number of fused-ring (bicyclic) bond motifs is 1.